The van der Waals surface area contributed by atoms with E-state index >= 15 is 0 Å². The summed E-state index contributed by atoms with van der Waals surface area (Å²) in [4.78, 5) is 0. The van der Waals surface area contributed by atoms with Crippen LogP contribution in [0, 0.1) is 0 Å². The molecule has 0 aliphatic heterocycles. The molecular formula is C48H30. The van der Waals surface area contributed by atoms with Gasteiger partial charge in [-0.25, -0.2) is 0 Å². The van der Waals surface area contributed by atoms with Gasteiger partial charge in [0.15, 0.2) is 0 Å². The van der Waals surface area contributed by atoms with Crippen LogP contribution in [0.1, 0.15) is 0 Å². The van der Waals surface area contributed by atoms with E-state index in [1.54, 1.807) is 0 Å². The van der Waals surface area contributed by atoms with Crippen molar-refractivity contribution in [3.63, 3.8) is 0 Å². The summed E-state index contributed by atoms with van der Waals surface area (Å²) in [6, 6.07) is 67.3. The van der Waals surface area contributed by atoms with E-state index < -0.39 is 0 Å². The van der Waals surface area contributed by atoms with Crippen LogP contribution < -0.4 is 0 Å². The first-order chi connectivity index (χ1) is 23.7. The molecule has 0 aliphatic carbocycles. The van der Waals surface area contributed by atoms with E-state index in [0.717, 1.165) is 0 Å². The lowest BCUT2D eigenvalue weighted by Crippen LogP contribution is -1.89. The highest BCUT2D eigenvalue weighted by Gasteiger charge is 2.14. The first-order valence-electron chi connectivity index (χ1n) is 16.7. The summed E-state index contributed by atoms with van der Waals surface area (Å²) in [5, 5.41) is 15.2. The van der Waals surface area contributed by atoms with Crippen molar-refractivity contribution in [2.24, 2.45) is 0 Å². The molecule has 0 saturated heterocycles. The Balaban J connectivity index is 1.22. The molecule has 0 amide bonds. The zero-order chi connectivity index (χ0) is 31.6. The van der Waals surface area contributed by atoms with Crippen molar-refractivity contribution in [2.75, 3.05) is 0 Å². The standard InChI is InChI=1S/C48H30/c1-3-10-34-25-36(16-13-31(34)7-1)38-21-24-46-43(27-38)29-41-20-18-39(37-17-14-32-8-2-4-11-35(32)26-37)30-47(41)48(46)42-22-23-45-40(28-42)19-15-33-9-5-6-12-44(33)45/h1-30H. The molecule has 0 aromatic heterocycles. The van der Waals surface area contributed by atoms with E-state index in [-0.39, 0.29) is 0 Å². The molecule has 10 rings (SSSR count). The smallest absolute Gasteiger partial charge is 0.00264 e. The Morgan fingerprint density at radius 3 is 1.31 bits per heavy atom. The summed E-state index contributed by atoms with van der Waals surface area (Å²) in [5.74, 6) is 0. The third-order valence-electron chi connectivity index (χ3n) is 10.2. The van der Waals surface area contributed by atoms with Gasteiger partial charge in [-0.05, 0) is 134 Å². The number of benzene rings is 10. The third kappa shape index (κ3) is 4.38. The van der Waals surface area contributed by atoms with Gasteiger partial charge in [-0.15, -0.1) is 0 Å². The maximum absolute atomic E-state index is 2.40. The van der Waals surface area contributed by atoms with E-state index in [0.29, 0.717) is 0 Å². The minimum Gasteiger partial charge on any atom is -0.0616 e. The predicted molar refractivity (Wildman–Crippen MR) is 208 cm³/mol. The van der Waals surface area contributed by atoms with Crippen molar-refractivity contribution in [1.29, 1.82) is 0 Å². The van der Waals surface area contributed by atoms with Crippen LogP contribution in [0.3, 0.4) is 0 Å². The molecule has 0 spiro atoms. The van der Waals surface area contributed by atoms with E-state index in [4.69, 9.17) is 0 Å². The summed E-state index contributed by atoms with van der Waals surface area (Å²) >= 11 is 0. The van der Waals surface area contributed by atoms with Gasteiger partial charge in [-0.1, -0.05) is 146 Å². The average Bonchev–Trinajstić information content (AvgIpc) is 3.16. The van der Waals surface area contributed by atoms with Crippen LogP contribution in [0.4, 0.5) is 0 Å². The molecule has 0 bridgehead atoms. The lowest BCUT2D eigenvalue weighted by Gasteiger charge is -2.16. The van der Waals surface area contributed by atoms with Crippen LogP contribution in [0.2, 0.25) is 0 Å². The second-order valence-corrected chi connectivity index (χ2v) is 13.0. The van der Waals surface area contributed by atoms with Crippen LogP contribution in [-0.2, 0) is 0 Å². The summed E-state index contributed by atoms with van der Waals surface area (Å²) < 4.78 is 0. The third-order valence-corrected chi connectivity index (χ3v) is 10.2. The van der Waals surface area contributed by atoms with Gasteiger partial charge in [0.25, 0.3) is 0 Å². The fourth-order valence-electron chi connectivity index (χ4n) is 7.70. The average molecular weight is 607 g/mol. The summed E-state index contributed by atoms with van der Waals surface area (Å²) in [5.41, 5.74) is 7.46. The minimum atomic E-state index is 1.23. The van der Waals surface area contributed by atoms with E-state index in [9.17, 15) is 0 Å². The zero-order valence-corrected chi connectivity index (χ0v) is 26.3. The molecule has 10 aromatic rings. The molecule has 0 heterocycles. The molecule has 0 nitrogen and oxygen atoms in total. The molecule has 222 valence electrons. The van der Waals surface area contributed by atoms with Gasteiger partial charge in [-0.2, -0.15) is 0 Å². The van der Waals surface area contributed by atoms with Crippen LogP contribution >= 0.6 is 0 Å². The quantitative estimate of drug-likeness (QED) is 0.139. The van der Waals surface area contributed by atoms with Crippen molar-refractivity contribution in [1.82, 2.24) is 0 Å². The lowest BCUT2D eigenvalue weighted by atomic mass is 9.87. The minimum absolute atomic E-state index is 1.23. The van der Waals surface area contributed by atoms with Gasteiger partial charge in [0.2, 0.25) is 0 Å². The molecule has 0 radical (unpaired) electrons. The number of hydrogen-bond acceptors (Lipinski definition) is 0. The van der Waals surface area contributed by atoms with Gasteiger partial charge >= 0.3 is 0 Å². The molecule has 0 aliphatic rings. The van der Waals surface area contributed by atoms with Crippen LogP contribution in [0.5, 0.6) is 0 Å². The van der Waals surface area contributed by atoms with Gasteiger partial charge in [0, 0.05) is 0 Å². The van der Waals surface area contributed by atoms with Crippen molar-refractivity contribution in [3.8, 4) is 33.4 Å². The molecule has 0 unspecified atom stereocenters. The summed E-state index contributed by atoms with van der Waals surface area (Å²) in [6.07, 6.45) is 0. The van der Waals surface area contributed by atoms with Crippen molar-refractivity contribution >= 4 is 64.6 Å². The topological polar surface area (TPSA) is 0 Å². The Hall–Kier alpha value is -6.24. The van der Waals surface area contributed by atoms with Crippen LogP contribution in [-0.4, -0.2) is 0 Å². The monoisotopic (exact) mass is 606 g/mol. The van der Waals surface area contributed by atoms with Gasteiger partial charge in [-0.3, -0.25) is 0 Å². The molecule has 48 heavy (non-hydrogen) atoms. The Morgan fingerprint density at radius 2 is 0.604 bits per heavy atom. The Bertz CT molecular complexity index is 2890. The summed E-state index contributed by atoms with van der Waals surface area (Å²) in [7, 11) is 0. The van der Waals surface area contributed by atoms with Gasteiger partial charge in [0.05, 0.1) is 0 Å². The van der Waals surface area contributed by atoms with Crippen molar-refractivity contribution < 1.29 is 0 Å². The normalized spacial score (nSPS) is 11.8. The summed E-state index contributed by atoms with van der Waals surface area (Å²) in [6.45, 7) is 0. The maximum Gasteiger partial charge on any atom is -0.00264 e. The fourth-order valence-corrected chi connectivity index (χ4v) is 7.70. The highest BCUT2D eigenvalue weighted by molar-refractivity contribution is 6.16. The van der Waals surface area contributed by atoms with Gasteiger partial charge in [0.1, 0.15) is 0 Å². The molecular weight excluding hydrogens is 577 g/mol. The number of rotatable bonds is 3. The van der Waals surface area contributed by atoms with Crippen LogP contribution in [0.25, 0.3) is 98.0 Å². The Morgan fingerprint density at radius 1 is 0.188 bits per heavy atom. The largest absolute Gasteiger partial charge is 0.0616 e. The first-order valence-corrected chi connectivity index (χ1v) is 16.7. The Labute approximate surface area is 279 Å². The van der Waals surface area contributed by atoms with E-state index in [1.807, 2.05) is 0 Å². The van der Waals surface area contributed by atoms with Crippen molar-refractivity contribution in [3.05, 3.63) is 182 Å². The predicted octanol–water partition coefficient (Wildman–Crippen LogP) is 13.6. The maximum atomic E-state index is 2.40. The molecule has 10 aromatic carbocycles. The van der Waals surface area contributed by atoms with Crippen LogP contribution in [0.15, 0.2) is 182 Å². The fraction of sp³-hybridized carbons (Fsp3) is 0. The molecule has 0 atom stereocenters. The lowest BCUT2D eigenvalue weighted by molar-refractivity contribution is 1.66. The second kappa shape index (κ2) is 10.7. The number of fused-ring (bicyclic) bond motifs is 7. The first kappa shape index (κ1) is 26.9. The zero-order valence-electron chi connectivity index (χ0n) is 26.3. The molecule has 0 saturated carbocycles. The molecule has 0 heteroatoms. The van der Waals surface area contributed by atoms with E-state index in [2.05, 4.69) is 182 Å². The second-order valence-electron chi connectivity index (χ2n) is 13.0. The van der Waals surface area contributed by atoms with Crippen molar-refractivity contribution in [2.45, 2.75) is 0 Å². The SMILES string of the molecule is c1ccc2cc(-c3ccc4c(-c5ccc6c(ccc7ccccc76)c5)c5cc(-c6ccc7ccccc7c6)ccc5cc4c3)ccc2c1. The van der Waals surface area contributed by atoms with E-state index in [1.165, 1.54) is 98.0 Å². The molecule has 0 N–H and O–H groups in total. The highest BCUT2D eigenvalue weighted by atomic mass is 14.2. The van der Waals surface area contributed by atoms with Gasteiger partial charge < -0.3 is 0 Å². The Kier molecular flexibility index (Phi) is 5.98. The highest BCUT2D eigenvalue weighted by Crippen LogP contribution is 2.41. The number of hydrogen-bond donors (Lipinski definition) is 0. The molecule has 0 fully saturated rings.